The summed E-state index contributed by atoms with van der Waals surface area (Å²) in [4.78, 5) is 25.8. The second kappa shape index (κ2) is 9.33. The summed E-state index contributed by atoms with van der Waals surface area (Å²) in [5, 5.41) is 10.6. The number of nitrogens with zero attached hydrogens (tertiary/aromatic N) is 1. The molecule has 0 radical (unpaired) electrons. The average molecular weight is 480 g/mol. The van der Waals surface area contributed by atoms with Crippen molar-refractivity contribution in [3.8, 4) is 5.75 Å². The maximum absolute atomic E-state index is 13.6. The number of esters is 1. The zero-order chi connectivity index (χ0) is 23.6. The Bertz CT molecular complexity index is 999. The number of rotatable bonds is 6. The molecule has 0 fully saturated rings. The zero-order valence-corrected chi connectivity index (χ0v) is 18.1. The third-order valence-corrected chi connectivity index (χ3v) is 5.15. The van der Waals surface area contributed by atoms with Gasteiger partial charge in [0, 0.05) is 18.2 Å². The van der Waals surface area contributed by atoms with Gasteiger partial charge in [0.25, 0.3) is 11.5 Å². The number of carbonyl (C=O) groups is 2. The highest BCUT2D eigenvalue weighted by molar-refractivity contribution is 6.42. The number of anilines is 1. The van der Waals surface area contributed by atoms with Crippen LogP contribution in [0.15, 0.2) is 36.4 Å². The van der Waals surface area contributed by atoms with E-state index in [4.69, 9.17) is 27.9 Å². The molecule has 1 N–H and O–H groups in total. The van der Waals surface area contributed by atoms with Crippen LogP contribution in [0.1, 0.15) is 22.8 Å². The Balaban J connectivity index is 2.51. The van der Waals surface area contributed by atoms with Crippen molar-refractivity contribution in [2.75, 3.05) is 25.7 Å². The summed E-state index contributed by atoms with van der Waals surface area (Å²) in [7, 11) is 2.53. The first-order chi connectivity index (χ1) is 14.4. The molecule has 0 aliphatic rings. The SMILES string of the molecule is CCOC(=O)[C@](O)(c1ccc(N(C)C(=O)c2ccc(Cl)c(Cl)c2)c(OC)c1)C(F)(F)F. The monoisotopic (exact) mass is 479 g/mol. The minimum atomic E-state index is -5.37. The van der Waals surface area contributed by atoms with Gasteiger partial charge in [-0.1, -0.05) is 29.3 Å². The lowest BCUT2D eigenvalue weighted by atomic mass is 9.92. The predicted molar refractivity (Wildman–Crippen MR) is 109 cm³/mol. The minimum Gasteiger partial charge on any atom is -0.495 e. The minimum absolute atomic E-state index is 0.0794. The van der Waals surface area contributed by atoms with Gasteiger partial charge in [-0.15, -0.1) is 0 Å². The van der Waals surface area contributed by atoms with Gasteiger partial charge in [0.2, 0.25) is 0 Å². The predicted octanol–water partition coefficient (Wildman–Crippen LogP) is 4.59. The van der Waals surface area contributed by atoms with Crippen LogP contribution in [0.25, 0.3) is 0 Å². The fourth-order valence-electron chi connectivity index (χ4n) is 2.74. The third kappa shape index (κ3) is 4.73. The molecule has 0 unspecified atom stereocenters. The van der Waals surface area contributed by atoms with Gasteiger partial charge in [-0.25, -0.2) is 4.79 Å². The number of halogens is 5. The molecule has 1 atom stereocenters. The zero-order valence-electron chi connectivity index (χ0n) is 16.6. The Labute approximate surface area is 186 Å². The summed E-state index contributed by atoms with van der Waals surface area (Å²) in [6, 6.07) is 6.98. The molecule has 0 heterocycles. The van der Waals surface area contributed by atoms with E-state index in [1.807, 2.05) is 0 Å². The molecule has 168 valence electrons. The van der Waals surface area contributed by atoms with E-state index in [0.29, 0.717) is 0 Å². The quantitative estimate of drug-likeness (QED) is 0.613. The van der Waals surface area contributed by atoms with Gasteiger partial charge in [-0.2, -0.15) is 13.2 Å². The molecule has 11 heteroatoms. The van der Waals surface area contributed by atoms with E-state index >= 15 is 0 Å². The van der Waals surface area contributed by atoms with Crippen LogP contribution >= 0.6 is 23.2 Å². The fraction of sp³-hybridized carbons (Fsp3) is 0.300. The van der Waals surface area contributed by atoms with E-state index in [0.717, 1.165) is 30.2 Å². The van der Waals surface area contributed by atoms with Crippen LogP contribution in [-0.4, -0.2) is 43.9 Å². The Morgan fingerprint density at radius 1 is 1.10 bits per heavy atom. The van der Waals surface area contributed by atoms with Gasteiger partial charge < -0.3 is 19.5 Å². The van der Waals surface area contributed by atoms with Crippen molar-refractivity contribution in [1.29, 1.82) is 0 Å². The van der Waals surface area contributed by atoms with E-state index < -0.39 is 29.2 Å². The Hall–Kier alpha value is -2.49. The van der Waals surface area contributed by atoms with Crippen molar-refractivity contribution in [1.82, 2.24) is 0 Å². The molecule has 31 heavy (non-hydrogen) atoms. The number of aliphatic hydroxyl groups is 1. The summed E-state index contributed by atoms with van der Waals surface area (Å²) in [5.41, 5.74) is -4.49. The molecule has 2 aromatic carbocycles. The van der Waals surface area contributed by atoms with Crippen molar-refractivity contribution in [3.63, 3.8) is 0 Å². The molecule has 0 spiro atoms. The number of alkyl halides is 3. The Morgan fingerprint density at radius 2 is 1.74 bits per heavy atom. The van der Waals surface area contributed by atoms with E-state index in [1.54, 1.807) is 0 Å². The number of ether oxygens (including phenoxy) is 2. The number of hydrogen-bond acceptors (Lipinski definition) is 5. The van der Waals surface area contributed by atoms with Gasteiger partial charge in [-0.05, 0) is 37.3 Å². The molecule has 0 saturated carbocycles. The van der Waals surface area contributed by atoms with E-state index in [-0.39, 0.29) is 33.7 Å². The van der Waals surface area contributed by atoms with Gasteiger partial charge in [0.1, 0.15) is 5.75 Å². The Morgan fingerprint density at radius 3 is 2.26 bits per heavy atom. The molecule has 2 rings (SSSR count). The second-order valence-corrected chi connectivity index (χ2v) is 7.12. The largest absolute Gasteiger partial charge is 0.495 e. The van der Waals surface area contributed by atoms with Crippen molar-refractivity contribution in [3.05, 3.63) is 57.6 Å². The summed E-state index contributed by atoms with van der Waals surface area (Å²) in [6.45, 7) is 0.940. The van der Waals surface area contributed by atoms with Crippen LogP contribution in [0.4, 0.5) is 18.9 Å². The lowest BCUT2D eigenvalue weighted by Crippen LogP contribution is -2.50. The smallest absolute Gasteiger partial charge is 0.432 e. The molecular weight excluding hydrogens is 462 g/mol. The van der Waals surface area contributed by atoms with Gasteiger partial charge in [0.15, 0.2) is 0 Å². The lowest BCUT2D eigenvalue weighted by Gasteiger charge is -2.29. The summed E-state index contributed by atoms with van der Waals surface area (Å²) < 4.78 is 50.3. The van der Waals surface area contributed by atoms with E-state index in [9.17, 15) is 27.9 Å². The number of benzene rings is 2. The number of amides is 1. The van der Waals surface area contributed by atoms with Gasteiger partial charge in [-0.3, -0.25) is 4.79 Å². The molecule has 6 nitrogen and oxygen atoms in total. The number of hydrogen-bond donors (Lipinski definition) is 1. The first-order valence-electron chi connectivity index (χ1n) is 8.76. The summed E-state index contributed by atoms with van der Waals surface area (Å²) in [5.74, 6) is -2.63. The average Bonchev–Trinajstić information content (AvgIpc) is 2.72. The van der Waals surface area contributed by atoms with Crippen molar-refractivity contribution >= 4 is 40.8 Å². The molecule has 0 bridgehead atoms. The molecule has 2 aromatic rings. The van der Waals surface area contributed by atoms with E-state index in [1.165, 1.54) is 32.2 Å². The molecule has 0 aromatic heterocycles. The van der Waals surface area contributed by atoms with Crippen LogP contribution in [0.5, 0.6) is 5.75 Å². The first kappa shape index (κ1) is 24.8. The molecule has 0 aliphatic heterocycles. The van der Waals surface area contributed by atoms with Crippen molar-refractivity contribution in [2.45, 2.75) is 18.7 Å². The highest BCUT2D eigenvalue weighted by atomic mass is 35.5. The lowest BCUT2D eigenvalue weighted by molar-refractivity contribution is -0.267. The van der Waals surface area contributed by atoms with E-state index in [2.05, 4.69) is 4.74 Å². The summed E-state index contributed by atoms with van der Waals surface area (Å²) >= 11 is 11.8. The normalized spacial score (nSPS) is 13.3. The molecule has 0 aliphatic carbocycles. The topological polar surface area (TPSA) is 76.1 Å². The molecule has 1 amide bonds. The Kier molecular flexibility index (Phi) is 7.46. The van der Waals surface area contributed by atoms with Gasteiger partial charge in [0.05, 0.1) is 29.4 Å². The fourth-order valence-corrected chi connectivity index (χ4v) is 3.04. The maximum atomic E-state index is 13.6. The van der Waals surface area contributed by atoms with Crippen molar-refractivity contribution < 1.29 is 37.3 Å². The first-order valence-corrected chi connectivity index (χ1v) is 9.52. The van der Waals surface area contributed by atoms with Crippen LogP contribution < -0.4 is 9.64 Å². The summed E-state index contributed by atoms with van der Waals surface area (Å²) in [6.07, 6.45) is -5.37. The number of methoxy groups -OCH3 is 1. The van der Waals surface area contributed by atoms with Crippen molar-refractivity contribution in [2.24, 2.45) is 0 Å². The van der Waals surface area contributed by atoms with Crippen LogP contribution in [0, 0.1) is 0 Å². The van der Waals surface area contributed by atoms with Crippen LogP contribution in [-0.2, 0) is 15.1 Å². The molecular formula is C20H18Cl2F3NO5. The van der Waals surface area contributed by atoms with Gasteiger partial charge >= 0.3 is 12.1 Å². The molecule has 0 saturated heterocycles. The number of carbonyl (C=O) groups excluding carboxylic acids is 2. The second-order valence-electron chi connectivity index (χ2n) is 6.31. The highest BCUT2D eigenvalue weighted by Gasteiger charge is 2.62. The highest BCUT2D eigenvalue weighted by Crippen LogP contribution is 2.43. The maximum Gasteiger partial charge on any atom is 0.432 e. The van der Waals surface area contributed by atoms with Crippen LogP contribution in [0.3, 0.4) is 0 Å². The third-order valence-electron chi connectivity index (χ3n) is 4.41. The standard InChI is InChI=1S/C20H18Cl2F3NO5/c1-4-31-18(28)19(29,20(23,24)25)12-6-8-15(16(10-12)30-3)26(2)17(27)11-5-7-13(21)14(22)9-11/h5-10,29H,4H2,1-3H3/t19-/m1/s1. The van der Waals surface area contributed by atoms with Crippen LogP contribution in [0.2, 0.25) is 10.0 Å².